The molecule has 0 fully saturated rings. The molecule has 0 heterocycles. The molecule has 0 saturated heterocycles. The monoisotopic (exact) mass is 278 g/mol. The molecule has 2 aromatic rings. The fraction of sp³-hybridized carbons (Fsp3) is 0.350. The molecule has 0 radical (unpaired) electrons. The van der Waals surface area contributed by atoms with E-state index in [1.165, 1.54) is 22.3 Å². The summed E-state index contributed by atoms with van der Waals surface area (Å²) in [6.07, 6.45) is 0.990. The van der Waals surface area contributed by atoms with Gasteiger partial charge in [0.05, 0.1) is 0 Å². The summed E-state index contributed by atoms with van der Waals surface area (Å²) < 4.78 is 0. The van der Waals surface area contributed by atoms with Crippen molar-refractivity contribution in [3.8, 4) is 11.1 Å². The third-order valence-corrected chi connectivity index (χ3v) is 4.67. The zero-order valence-corrected chi connectivity index (χ0v) is 13.4. The van der Waals surface area contributed by atoms with Crippen LogP contribution in [0.3, 0.4) is 0 Å². The molecule has 0 unspecified atom stereocenters. The van der Waals surface area contributed by atoms with Gasteiger partial charge in [-0.2, -0.15) is 0 Å². The average Bonchev–Trinajstić information content (AvgIpc) is 2.67. The Morgan fingerprint density at radius 1 is 1.00 bits per heavy atom. The maximum absolute atomic E-state index is 11.5. The van der Waals surface area contributed by atoms with Gasteiger partial charge in [-0.1, -0.05) is 71.0 Å². The van der Waals surface area contributed by atoms with Gasteiger partial charge in [-0.15, -0.1) is 0 Å². The van der Waals surface area contributed by atoms with Crippen LogP contribution < -0.4 is 0 Å². The van der Waals surface area contributed by atoms with Crippen molar-refractivity contribution in [3.63, 3.8) is 0 Å². The minimum absolute atomic E-state index is 0.0603. The van der Waals surface area contributed by atoms with Crippen molar-refractivity contribution in [2.24, 2.45) is 0 Å². The lowest BCUT2D eigenvalue weighted by Crippen LogP contribution is -2.23. The second kappa shape index (κ2) is 4.30. The van der Waals surface area contributed by atoms with E-state index in [4.69, 9.17) is 0 Å². The highest BCUT2D eigenvalue weighted by molar-refractivity contribution is 5.95. The van der Waals surface area contributed by atoms with E-state index in [1.54, 1.807) is 0 Å². The Kier molecular flexibility index (Phi) is 2.88. The summed E-state index contributed by atoms with van der Waals surface area (Å²) in [6, 6.07) is 12.6. The van der Waals surface area contributed by atoms with Crippen molar-refractivity contribution in [2.75, 3.05) is 0 Å². The molecule has 1 nitrogen and oxygen atoms in total. The summed E-state index contributed by atoms with van der Waals surface area (Å²) in [7, 11) is 0. The SMILES string of the molecule is CC(C)(C)c1ccc(C=O)c2c1C(C)(C)c1ccccc1-2. The maximum Gasteiger partial charge on any atom is 0.150 e. The van der Waals surface area contributed by atoms with Crippen LogP contribution in [0.5, 0.6) is 0 Å². The number of carbonyl (C=O) groups excluding carboxylic acids is 1. The van der Waals surface area contributed by atoms with Gasteiger partial charge in [-0.05, 0) is 33.2 Å². The minimum atomic E-state index is -0.0619. The first kappa shape index (κ1) is 14.1. The lowest BCUT2D eigenvalue weighted by Gasteiger charge is -2.30. The lowest BCUT2D eigenvalue weighted by molar-refractivity contribution is 0.112. The Hall–Kier alpha value is -1.89. The second-order valence-corrected chi connectivity index (χ2v) is 7.49. The third-order valence-electron chi connectivity index (χ3n) is 4.67. The number of hydrogen-bond donors (Lipinski definition) is 0. The van der Waals surface area contributed by atoms with Gasteiger partial charge in [0.25, 0.3) is 0 Å². The van der Waals surface area contributed by atoms with E-state index < -0.39 is 0 Å². The Morgan fingerprint density at radius 3 is 2.29 bits per heavy atom. The first-order chi connectivity index (χ1) is 9.78. The fourth-order valence-corrected chi connectivity index (χ4v) is 3.66. The second-order valence-electron chi connectivity index (χ2n) is 7.49. The summed E-state index contributed by atoms with van der Waals surface area (Å²) in [5.41, 5.74) is 7.13. The number of carbonyl (C=O) groups is 1. The van der Waals surface area contributed by atoms with Crippen LogP contribution in [0.4, 0.5) is 0 Å². The zero-order chi connectivity index (χ0) is 15.4. The standard InChI is InChI=1S/C20H22O/c1-19(2,3)16-11-10-13(12-21)17-14-8-6-7-9-15(14)20(4,5)18(16)17/h6-12H,1-5H3. The highest BCUT2D eigenvalue weighted by Crippen LogP contribution is 2.52. The molecular formula is C20H22O. The first-order valence-corrected chi connectivity index (χ1v) is 7.51. The number of hydrogen-bond acceptors (Lipinski definition) is 1. The minimum Gasteiger partial charge on any atom is -0.298 e. The van der Waals surface area contributed by atoms with Crippen LogP contribution in [0.25, 0.3) is 11.1 Å². The Bertz CT molecular complexity index is 730. The summed E-state index contributed by atoms with van der Waals surface area (Å²) in [4.78, 5) is 11.5. The highest BCUT2D eigenvalue weighted by atomic mass is 16.1. The normalized spacial score (nSPS) is 15.5. The number of fused-ring (bicyclic) bond motifs is 3. The quantitative estimate of drug-likeness (QED) is 0.663. The van der Waals surface area contributed by atoms with Gasteiger partial charge < -0.3 is 0 Å². The third kappa shape index (κ3) is 1.87. The van der Waals surface area contributed by atoms with E-state index in [1.807, 2.05) is 6.07 Å². The molecular weight excluding hydrogens is 256 g/mol. The van der Waals surface area contributed by atoms with Crippen LogP contribution in [0, 0.1) is 0 Å². The number of rotatable bonds is 1. The van der Waals surface area contributed by atoms with Crippen molar-refractivity contribution in [1.29, 1.82) is 0 Å². The molecule has 108 valence electrons. The van der Waals surface area contributed by atoms with E-state index >= 15 is 0 Å². The van der Waals surface area contributed by atoms with Crippen molar-refractivity contribution in [2.45, 2.75) is 45.4 Å². The zero-order valence-electron chi connectivity index (χ0n) is 13.4. The van der Waals surface area contributed by atoms with E-state index in [-0.39, 0.29) is 10.8 Å². The molecule has 1 heteroatoms. The average molecular weight is 278 g/mol. The van der Waals surface area contributed by atoms with Gasteiger partial charge in [-0.3, -0.25) is 4.79 Å². The number of aldehydes is 1. The molecule has 0 bridgehead atoms. The van der Waals surface area contributed by atoms with Gasteiger partial charge >= 0.3 is 0 Å². The predicted molar refractivity (Wildman–Crippen MR) is 88.1 cm³/mol. The Morgan fingerprint density at radius 2 is 1.67 bits per heavy atom. The van der Waals surface area contributed by atoms with Crippen LogP contribution in [-0.2, 0) is 10.8 Å². The van der Waals surface area contributed by atoms with Crippen molar-refractivity contribution >= 4 is 6.29 Å². The fourth-order valence-electron chi connectivity index (χ4n) is 3.66. The Labute approximate surface area is 127 Å². The predicted octanol–water partition coefficient (Wildman–Crippen LogP) is 5.10. The van der Waals surface area contributed by atoms with Crippen LogP contribution in [0.15, 0.2) is 36.4 Å². The summed E-state index contributed by atoms with van der Waals surface area (Å²) in [5.74, 6) is 0. The molecule has 3 rings (SSSR count). The summed E-state index contributed by atoms with van der Waals surface area (Å²) in [6.45, 7) is 11.2. The molecule has 0 aromatic heterocycles. The highest BCUT2D eigenvalue weighted by Gasteiger charge is 2.40. The molecule has 0 aliphatic heterocycles. The van der Waals surface area contributed by atoms with Crippen LogP contribution in [0.1, 0.15) is 61.7 Å². The van der Waals surface area contributed by atoms with E-state index in [0.717, 1.165) is 17.4 Å². The number of benzene rings is 2. The van der Waals surface area contributed by atoms with Crippen molar-refractivity contribution < 1.29 is 4.79 Å². The summed E-state index contributed by atoms with van der Waals surface area (Å²) >= 11 is 0. The van der Waals surface area contributed by atoms with E-state index in [0.29, 0.717) is 0 Å². The molecule has 1 aliphatic rings. The molecule has 0 N–H and O–H groups in total. The van der Waals surface area contributed by atoms with Crippen LogP contribution in [0.2, 0.25) is 0 Å². The first-order valence-electron chi connectivity index (χ1n) is 7.51. The van der Waals surface area contributed by atoms with E-state index in [9.17, 15) is 4.79 Å². The molecule has 0 spiro atoms. The topological polar surface area (TPSA) is 17.1 Å². The van der Waals surface area contributed by atoms with Gasteiger partial charge in [0.15, 0.2) is 6.29 Å². The largest absolute Gasteiger partial charge is 0.298 e. The lowest BCUT2D eigenvalue weighted by atomic mass is 9.73. The molecule has 1 aliphatic carbocycles. The molecule has 2 aromatic carbocycles. The van der Waals surface area contributed by atoms with Gasteiger partial charge in [0.1, 0.15) is 0 Å². The molecule has 21 heavy (non-hydrogen) atoms. The van der Waals surface area contributed by atoms with E-state index in [2.05, 4.69) is 65.0 Å². The van der Waals surface area contributed by atoms with Crippen molar-refractivity contribution in [1.82, 2.24) is 0 Å². The molecule has 0 atom stereocenters. The molecule has 0 amide bonds. The van der Waals surface area contributed by atoms with Crippen LogP contribution in [-0.4, -0.2) is 6.29 Å². The molecule has 0 saturated carbocycles. The smallest absolute Gasteiger partial charge is 0.150 e. The Balaban J connectivity index is 2.48. The maximum atomic E-state index is 11.5. The van der Waals surface area contributed by atoms with Crippen molar-refractivity contribution in [3.05, 3.63) is 58.7 Å². The van der Waals surface area contributed by atoms with Crippen LogP contribution >= 0.6 is 0 Å². The van der Waals surface area contributed by atoms with Gasteiger partial charge in [0.2, 0.25) is 0 Å². The summed E-state index contributed by atoms with van der Waals surface area (Å²) in [5, 5.41) is 0. The van der Waals surface area contributed by atoms with Gasteiger partial charge in [-0.25, -0.2) is 0 Å². The van der Waals surface area contributed by atoms with Gasteiger partial charge in [0, 0.05) is 11.0 Å².